The number of nitrogens with one attached hydrogen (secondary N) is 3. The highest BCUT2D eigenvalue weighted by atomic mass is 35.5. The standard InChI is InChI=1S/C28H37ClN8O3S/c1-3-40-27-23(11-12-25(34-27)37-17-13-20(14-18-37)36-15-7-4-8-16-36)33-28-31-19-21(29)26(35-28)32-22-9-5-6-10-24(22)41(38,39)30-2/h5-6,9-12,19-20,30H,3-4,7-8,13-18H2,1-2H3,(H2,31,32,33,35). The van der Waals surface area contributed by atoms with Crippen LogP contribution in [-0.2, 0) is 10.0 Å². The molecule has 0 saturated carbocycles. The molecule has 3 N–H and O–H groups in total. The van der Waals surface area contributed by atoms with Gasteiger partial charge in [-0.15, -0.1) is 0 Å². The Bertz CT molecular complexity index is 1440. The van der Waals surface area contributed by atoms with E-state index in [4.69, 9.17) is 21.3 Å². The molecule has 11 nitrogen and oxygen atoms in total. The van der Waals surface area contributed by atoms with Gasteiger partial charge >= 0.3 is 0 Å². The molecule has 0 spiro atoms. The van der Waals surface area contributed by atoms with Crippen molar-refractivity contribution in [1.29, 1.82) is 0 Å². The van der Waals surface area contributed by atoms with Crippen molar-refractivity contribution in [3.63, 3.8) is 0 Å². The molecule has 2 saturated heterocycles. The van der Waals surface area contributed by atoms with E-state index < -0.39 is 10.0 Å². The maximum absolute atomic E-state index is 12.5. The van der Waals surface area contributed by atoms with Gasteiger partial charge in [0.2, 0.25) is 21.9 Å². The monoisotopic (exact) mass is 600 g/mol. The summed E-state index contributed by atoms with van der Waals surface area (Å²) in [6, 6.07) is 11.1. The molecular formula is C28H37ClN8O3S. The molecule has 0 bridgehead atoms. The van der Waals surface area contributed by atoms with E-state index in [-0.39, 0.29) is 21.7 Å². The van der Waals surface area contributed by atoms with Crippen molar-refractivity contribution in [1.82, 2.24) is 24.6 Å². The van der Waals surface area contributed by atoms with Crippen molar-refractivity contribution < 1.29 is 13.2 Å². The first kappa shape index (κ1) is 29.3. The minimum absolute atomic E-state index is 0.0741. The number of nitrogens with zero attached hydrogens (tertiary/aromatic N) is 5. The minimum Gasteiger partial charge on any atom is -0.476 e. The highest BCUT2D eigenvalue weighted by Gasteiger charge is 2.26. The van der Waals surface area contributed by atoms with Gasteiger partial charge in [-0.05, 0) is 77.0 Å². The number of likely N-dealkylation sites (tertiary alicyclic amines) is 1. The second-order valence-corrected chi connectivity index (χ2v) is 12.4. The molecular weight excluding hydrogens is 564 g/mol. The van der Waals surface area contributed by atoms with Crippen LogP contribution in [0.4, 0.5) is 29.0 Å². The molecule has 0 radical (unpaired) electrons. The molecule has 13 heteroatoms. The summed E-state index contributed by atoms with van der Waals surface area (Å²) in [5, 5.41) is 6.44. The summed E-state index contributed by atoms with van der Waals surface area (Å²) in [5.41, 5.74) is 0.948. The van der Waals surface area contributed by atoms with Gasteiger partial charge in [-0.1, -0.05) is 30.2 Å². The van der Waals surface area contributed by atoms with E-state index in [1.54, 1.807) is 18.2 Å². The second-order valence-electron chi connectivity index (χ2n) is 10.1. The molecule has 0 amide bonds. The van der Waals surface area contributed by atoms with Crippen molar-refractivity contribution in [3.05, 3.63) is 47.6 Å². The molecule has 2 aliphatic rings. The van der Waals surface area contributed by atoms with Crippen LogP contribution < -0.4 is 25.0 Å². The fraction of sp³-hybridized carbons (Fsp3) is 0.464. The van der Waals surface area contributed by atoms with E-state index in [9.17, 15) is 8.42 Å². The molecule has 0 aliphatic carbocycles. The molecule has 5 rings (SSSR count). The van der Waals surface area contributed by atoms with Crippen LogP contribution in [0.2, 0.25) is 5.02 Å². The average molecular weight is 601 g/mol. The van der Waals surface area contributed by atoms with Gasteiger partial charge in [0.05, 0.1) is 18.5 Å². The number of halogens is 1. The van der Waals surface area contributed by atoms with Crippen LogP contribution in [0.25, 0.3) is 0 Å². The summed E-state index contributed by atoms with van der Waals surface area (Å²) >= 11 is 6.37. The molecule has 0 atom stereocenters. The van der Waals surface area contributed by atoms with Crippen molar-refractivity contribution >= 4 is 50.6 Å². The molecule has 0 unspecified atom stereocenters. The lowest BCUT2D eigenvalue weighted by Gasteiger charge is -2.40. The van der Waals surface area contributed by atoms with E-state index in [0.29, 0.717) is 29.9 Å². The number of rotatable bonds is 10. The number of anilines is 5. The smallest absolute Gasteiger partial charge is 0.242 e. The summed E-state index contributed by atoms with van der Waals surface area (Å²) < 4.78 is 33.2. The van der Waals surface area contributed by atoms with Crippen LogP contribution in [-0.4, -0.2) is 74.1 Å². The number of piperidine rings is 2. The van der Waals surface area contributed by atoms with Gasteiger partial charge in [0.1, 0.15) is 21.4 Å². The number of hydrogen-bond donors (Lipinski definition) is 3. The number of para-hydroxylation sites is 1. The average Bonchev–Trinajstić information content (AvgIpc) is 3.00. The summed E-state index contributed by atoms with van der Waals surface area (Å²) in [6.07, 6.45) is 7.71. The van der Waals surface area contributed by atoms with Gasteiger partial charge in [0.15, 0.2) is 5.82 Å². The topological polar surface area (TPSA) is 125 Å². The third kappa shape index (κ3) is 7.00. The summed E-state index contributed by atoms with van der Waals surface area (Å²) in [6.45, 7) is 6.75. The number of aromatic nitrogens is 3. The van der Waals surface area contributed by atoms with Gasteiger partial charge in [-0.3, -0.25) is 0 Å². The van der Waals surface area contributed by atoms with Crippen LogP contribution in [0.15, 0.2) is 47.5 Å². The third-order valence-corrected chi connectivity index (χ3v) is 9.26. The molecule has 2 fully saturated rings. The molecule has 41 heavy (non-hydrogen) atoms. The SMILES string of the molecule is CCOc1nc(N2CCC(N3CCCCC3)CC2)ccc1Nc1ncc(Cl)c(Nc2ccccc2S(=O)(=O)NC)n1. The maximum Gasteiger partial charge on any atom is 0.242 e. The largest absolute Gasteiger partial charge is 0.476 e. The highest BCUT2D eigenvalue weighted by molar-refractivity contribution is 7.89. The predicted octanol–water partition coefficient (Wildman–Crippen LogP) is 4.77. The third-order valence-electron chi connectivity index (χ3n) is 7.51. The van der Waals surface area contributed by atoms with Crippen LogP contribution in [0, 0.1) is 0 Å². The molecule has 2 aromatic heterocycles. The van der Waals surface area contributed by atoms with Gasteiger partial charge in [0, 0.05) is 19.1 Å². The Balaban J connectivity index is 1.31. The lowest BCUT2D eigenvalue weighted by molar-refractivity contribution is 0.141. The second kappa shape index (κ2) is 13.2. The molecule has 2 aliphatic heterocycles. The Morgan fingerprint density at radius 2 is 1.73 bits per heavy atom. The molecule has 4 heterocycles. The van der Waals surface area contributed by atoms with Gasteiger partial charge < -0.3 is 25.2 Å². The molecule has 1 aromatic carbocycles. The Hall–Kier alpha value is -3.19. The first-order valence-electron chi connectivity index (χ1n) is 14.1. The summed E-state index contributed by atoms with van der Waals surface area (Å²) in [4.78, 5) is 18.7. The Morgan fingerprint density at radius 1 is 0.976 bits per heavy atom. The predicted molar refractivity (Wildman–Crippen MR) is 162 cm³/mol. The fourth-order valence-corrected chi connectivity index (χ4v) is 6.39. The first-order chi connectivity index (χ1) is 19.9. The van der Waals surface area contributed by atoms with E-state index in [1.165, 1.54) is 51.7 Å². The highest BCUT2D eigenvalue weighted by Crippen LogP contribution is 2.32. The van der Waals surface area contributed by atoms with Crippen LogP contribution in [0.1, 0.15) is 39.0 Å². The minimum atomic E-state index is -3.70. The Labute approximate surface area is 246 Å². The van der Waals surface area contributed by atoms with E-state index in [0.717, 1.165) is 31.7 Å². The van der Waals surface area contributed by atoms with Crippen molar-refractivity contribution in [2.24, 2.45) is 0 Å². The maximum atomic E-state index is 12.5. The number of pyridine rings is 1. The number of hydrogen-bond acceptors (Lipinski definition) is 10. The van der Waals surface area contributed by atoms with Gasteiger partial charge in [-0.25, -0.2) is 18.1 Å². The molecule has 220 valence electrons. The number of benzene rings is 1. The zero-order valence-corrected chi connectivity index (χ0v) is 25.0. The molecule has 3 aromatic rings. The van der Waals surface area contributed by atoms with Gasteiger partial charge in [-0.2, -0.15) is 9.97 Å². The number of sulfonamides is 1. The van der Waals surface area contributed by atoms with Crippen LogP contribution >= 0.6 is 11.6 Å². The van der Waals surface area contributed by atoms with Crippen molar-refractivity contribution in [2.45, 2.75) is 50.0 Å². The normalized spacial score (nSPS) is 16.9. The van der Waals surface area contributed by atoms with E-state index in [1.807, 2.05) is 19.1 Å². The zero-order chi connectivity index (χ0) is 28.8. The quantitative estimate of drug-likeness (QED) is 0.299. The summed E-state index contributed by atoms with van der Waals surface area (Å²) in [5.74, 6) is 1.85. The van der Waals surface area contributed by atoms with Crippen molar-refractivity contribution in [3.8, 4) is 5.88 Å². The lowest BCUT2D eigenvalue weighted by Crippen LogP contribution is -2.46. The van der Waals surface area contributed by atoms with Crippen LogP contribution in [0.5, 0.6) is 5.88 Å². The number of ether oxygens (including phenoxy) is 1. The van der Waals surface area contributed by atoms with Crippen LogP contribution in [0.3, 0.4) is 0 Å². The van der Waals surface area contributed by atoms with Crippen molar-refractivity contribution in [2.75, 3.05) is 55.4 Å². The first-order valence-corrected chi connectivity index (χ1v) is 16.0. The van der Waals surface area contributed by atoms with E-state index in [2.05, 4.69) is 35.1 Å². The summed E-state index contributed by atoms with van der Waals surface area (Å²) in [7, 11) is -2.34. The zero-order valence-electron chi connectivity index (χ0n) is 23.4. The van der Waals surface area contributed by atoms with Gasteiger partial charge in [0.25, 0.3) is 0 Å². The van der Waals surface area contributed by atoms with E-state index >= 15 is 0 Å². The fourth-order valence-electron chi connectivity index (χ4n) is 5.37. The lowest BCUT2D eigenvalue weighted by atomic mass is 10.00. The Morgan fingerprint density at radius 3 is 2.46 bits per heavy atom. The Kier molecular flexibility index (Phi) is 9.43.